The van der Waals surface area contributed by atoms with Crippen molar-refractivity contribution in [1.82, 2.24) is 5.32 Å². The van der Waals surface area contributed by atoms with Crippen molar-refractivity contribution in [2.45, 2.75) is 19.8 Å². The average molecular weight is 286 g/mol. The number of benzene rings is 1. The molecule has 88 valence electrons. The largest absolute Gasteiger partial charge is 0.507 e. The van der Waals surface area contributed by atoms with E-state index in [4.69, 9.17) is 0 Å². The molecule has 0 heterocycles. The van der Waals surface area contributed by atoms with E-state index >= 15 is 0 Å². The first-order valence-corrected chi connectivity index (χ1v) is 6.41. The molecule has 0 spiro atoms. The number of nitrogens with one attached hydrogen (secondary N) is 1. The second-order valence-corrected chi connectivity index (χ2v) is 4.47. The van der Waals surface area contributed by atoms with Gasteiger partial charge in [-0.15, -0.1) is 0 Å². The van der Waals surface area contributed by atoms with Gasteiger partial charge >= 0.3 is 0 Å². The minimum absolute atomic E-state index is 0.0398. The number of aryl methyl sites for hydroxylation is 1. The minimum Gasteiger partial charge on any atom is -0.507 e. The molecule has 0 aliphatic carbocycles. The van der Waals surface area contributed by atoms with E-state index in [2.05, 4.69) is 21.2 Å². The summed E-state index contributed by atoms with van der Waals surface area (Å²) in [5, 5.41) is 13.3. The summed E-state index contributed by atoms with van der Waals surface area (Å²) >= 11 is 3.33. The first-order chi connectivity index (χ1) is 7.65. The lowest BCUT2D eigenvalue weighted by molar-refractivity contribution is 0.0950. The lowest BCUT2D eigenvalue weighted by Crippen LogP contribution is -2.24. The monoisotopic (exact) mass is 285 g/mol. The number of phenols is 1. The van der Waals surface area contributed by atoms with Crippen LogP contribution in [0.2, 0.25) is 0 Å². The van der Waals surface area contributed by atoms with Crippen LogP contribution in [0.15, 0.2) is 18.2 Å². The summed E-state index contributed by atoms with van der Waals surface area (Å²) in [5.41, 5.74) is 1.28. The molecule has 2 N–H and O–H groups in total. The number of rotatable bonds is 5. The number of hydrogen-bond donors (Lipinski definition) is 2. The topological polar surface area (TPSA) is 49.3 Å². The van der Waals surface area contributed by atoms with Crippen LogP contribution in [-0.2, 0) is 0 Å². The quantitative estimate of drug-likeness (QED) is 0.645. The first kappa shape index (κ1) is 13.0. The minimum atomic E-state index is -0.216. The van der Waals surface area contributed by atoms with E-state index in [1.165, 1.54) is 0 Å². The van der Waals surface area contributed by atoms with Crippen molar-refractivity contribution < 1.29 is 9.90 Å². The van der Waals surface area contributed by atoms with Crippen LogP contribution in [0, 0.1) is 6.92 Å². The van der Waals surface area contributed by atoms with E-state index in [1.54, 1.807) is 12.1 Å². The molecule has 1 aromatic carbocycles. The SMILES string of the molecule is Cc1ccc(C(=O)NCCCCBr)c(O)c1. The highest BCUT2D eigenvalue weighted by Crippen LogP contribution is 2.17. The highest BCUT2D eigenvalue weighted by molar-refractivity contribution is 9.09. The van der Waals surface area contributed by atoms with Crippen LogP contribution >= 0.6 is 15.9 Å². The van der Waals surface area contributed by atoms with E-state index in [0.717, 1.165) is 23.7 Å². The third-order valence-corrected chi connectivity index (χ3v) is 2.80. The van der Waals surface area contributed by atoms with Crippen LogP contribution < -0.4 is 5.32 Å². The van der Waals surface area contributed by atoms with E-state index in [1.807, 2.05) is 13.0 Å². The molecule has 0 aliphatic rings. The van der Waals surface area contributed by atoms with Crippen molar-refractivity contribution in [2.24, 2.45) is 0 Å². The van der Waals surface area contributed by atoms with Crippen LogP contribution in [0.4, 0.5) is 0 Å². The van der Waals surface area contributed by atoms with Gasteiger partial charge in [-0.05, 0) is 37.5 Å². The average Bonchev–Trinajstić information content (AvgIpc) is 2.24. The molecule has 0 aliphatic heterocycles. The van der Waals surface area contributed by atoms with Gasteiger partial charge in [-0.2, -0.15) is 0 Å². The molecular formula is C12H16BrNO2. The molecule has 0 saturated carbocycles. The normalized spacial score (nSPS) is 10.1. The van der Waals surface area contributed by atoms with Crippen molar-refractivity contribution in [3.05, 3.63) is 29.3 Å². The predicted octanol–water partition coefficient (Wildman–Crippen LogP) is 2.61. The Hall–Kier alpha value is -1.03. The van der Waals surface area contributed by atoms with Gasteiger partial charge in [0.2, 0.25) is 0 Å². The van der Waals surface area contributed by atoms with Gasteiger partial charge in [-0.25, -0.2) is 0 Å². The number of halogens is 1. The van der Waals surface area contributed by atoms with Crippen molar-refractivity contribution in [3.8, 4) is 5.75 Å². The van der Waals surface area contributed by atoms with Crippen LogP contribution in [0.1, 0.15) is 28.8 Å². The van der Waals surface area contributed by atoms with Gasteiger partial charge in [0.05, 0.1) is 5.56 Å². The van der Waals surface area contributed by atoms with Gasteiger partial charge in [-0.1, -0.05) is 22.0 Å². The Morgan fingerprint density at radius 2 is 2.19 bits per heavy atom. The van der Waals surface area contributed by atoms with E-state index in [-0.39, 0.29) is 11.7 Å². The molecule has 0 unspecified atom stereocenters. The maximum atomic E-state index is 11.7. The summed E-state index contributed by atoms with van der Waals surface area (Å²) in [5.74, 6) is -0.176. The molecule has 0 bridgehead atoms. The molecule has 0 saturated heterocycles. The number of carbonyl (C=O) groups is 1. The number of unbranched alkanes of at least 4 members (excludes halogenated alkanes) is 1. The third kappa shape index (κ3) is 3.85. The van der Waals surface area contributed by atoms with Crippen molar-refractivity contribution in [2.75, 3.05) is 11.9 Å². The van der Waals surface area contributed by atoms with Gasteiger partial charge < -0.3 is 10.4 Å². The molecule has 0 atom stereocenters. The Kier molecular flexibility index (Phi) is 5.32. The standard InChI is InChI=1S/C12H16BrNO2/c1-9-4-5-10(11(15)8-9)12(16)14-7-3-2-6-13/h4-5,8,15H,2-3,6-7H2,1H3,(H,14,16). The van der Waals surface area contributed by atoms with Crippen LogP contribution in [0.3, 0.4) is 0 Å². The summed E-state index contributed by atoms with van der Waals surface area (Å²) in [7, 11) is 0. The molecule has 16 heavy (non-hydrogen) atoms. The van der Waals surface area contributed by atoms with Crippen molar-refractivity contribution in [3.63, 3.8) is 0 Å². The van der Waals surface area contributed by atoms with E-state index in [9.17, 15) is 9.90 Å². The Labute approximate surface area is 104 Å². The van der Waals surface area contributed by atoms with Gasteiger partial charge in [0, 0.05) is 11.9 Å². The fourth-order valence-corrected chi connectivity index (χ4v) is 1.75. The highest BCUT2D eigenvalue weighted by Gasteiger charge is 2.09. The van der Waals surface area contributed by atoms with Crippen molar-refractivity contribution >= 4 is 21.8 Å². The molecule has 0 aromatic heterocycles. The zero-order chi connectivity index (χ0) is 12.0. The summed E-state index contributed by atoms with van der Waals surface area (Å²) in [6.07, 6.45) is 1.96. The number of phenolic OH excluding ortho intramolecular Hbond substituents is 1. The van der Waals surface area contributed by atoms with Crippen molar-refractivity contribution in [1.29, 1.82) is 0 Å². The van der Waals surface area contributed by atoms with Gasteiger partial charge in [0.15, 0.2) is 0 Å². The third-order valence-electron chi connectivity index (χ3n) is 2.24. The summed E-state index contributed by atoms with van der Waals surface area (Å²) < 4.78 is 0. The molecule has 3 nitrogen and oxygen atoms in total. The molecule has 1 rings (SSSR count). The second kappa shape index (κ2) is 6.53. The first-order valence-electron chi connectivity index (χ1n) is 5.29. The summed E-state index contributed by atoms with van der Waals surface area (Å²) in [4.78, 5) is 11.7. The molecule has 1 amide bonds. The van der Waals surface area contributed by atoms with Gasteiger partial charge in [0.25, 0.3) is 5.91 Å². The number of amides is 1. The molecule has 4 heteroatoms. The zero-order valence-electron chi connectivity index (χ0n) is 9.29. The number of carbonyl (C=O) groups excluding carboxylic acids is 1. The lowest BCUT2D eigenvalue weighted by atomic mass is 10.1. The molecule has 1 aromatic rings. The maximum absolute atomic E-state index is 11.7. The number of alkyl halides is 1. The Morgan fingerprint density at radius 3 is 2.81 bits per heavy atom. The maximum Gasteiger partial charge on any atom is 0.255 e. The van der Waals surface area contributed by atoms with E-state index in [0.29, 0.717) is 12.1 Å². The van der Waals surface area contributed by atoms with Gasteiger partial charge in [0.1, 0.15) is 5.75 Å². The smallest absolute Gasteiger partial charge is 0.255 e. The molecular weight excluding hydrogens is 270 g/mol. The Morgan fingerprint density at radius 1 is 1.44 bits per heavy atom. The van der Waals surface area contributed by atoms with E-state index < -0.39 is 0 Å². The Bertz CT molecular complexity index is 366. The number of hydrogen-bond acceptors (Lipinski definition) is 2. The van der Waals surface area contributed by atoms with Gasteiger partial charge in [-0.3, -0.25) is 4.79 Å². The highest BCUT2D eigenvalue weighted by atomic mass is 79.9. The fraction of sp³-hybridized carbons (Fsp3) is 0.417. The number of aromatic hydroxyl groups is 1. The predicted molar refractivity (Wildman–Crippen MR) is 68.2 cm³/mol. The van der Waals surface area contributed by atoms with Crippen LogP contribution in [0.25, 0.3) is 0 Å². The Balaban J connectivity index is 2.53. The van der Waals surface area contributed by atoms with Crippen LogP contribution in [-0.4, -0.2) is 22.9 Å². The summed E-state index contributed by atoms with van der Waals surface area (Å²) in [6, 6.07) is 5.05. The summed E-state index contributed by atoms with van der Waals surface area (Å²) in [6.45, 7) is 2.51. The zero-order valence-corrected chi connectivity index (χ0v) is 10.9. The second-order valence-electron chi connectivity index (χ2n) is 3.67. The van der Waals surface area contributed by atoms with Crippen LogP contribution in [0.5, 0.6) is 5.75 Å². The molecule has 0 radical (unpaired) electrons. The fourth-order valence-electron chi connectivity index (χ4n) is 1.35. The molecule has 0 fully saturated rings. The lowest BCUT2D eigenvalue weighted by Gasteiger charge is -2.06.